The van der Waals surface area contributed by atoms with Gasteiger partial charge in [-0.25, -0.2) is 4.79 Å². The first kappa shape index (κ1) is 13.4. The zero-order chi connectivity index (χ0) is 12.7. The molecule has 5 nitrogen and oxygen atoms in total. The molecule has 0 fully saturated rings. The molecule has 0 bridgehead atoms. The van der Waals surface area contributed by atoms with Crippen LogP contribution in [0.15, 0.2) is 27.9 Å². The van der Waals surface area contributed by atoms with Crippen LogP contribution < -0.4 is 0 Å². The van der Waals surface area contributed by atoms with Crippen LogP contribution in [-0.4, -0.2) is 31.9 Å². The molecule has 0 N–H and O–H groups in total. The second kappa shape index (κ2) is 6.80. The fourth-order valence-electron chi connectivity index (χ4n) is 0.955. The van der Waals surface area contributed by atoms with E-state index < -0.39 is 5.97 Å². The highest BCUT2D eigenvalue weighted by Crippen LogP contribution is 2.25. The van der Waals surface area contributed by atoms with Crippen LogP contribution in [0.5, 0.6) is 0 Å². The fourth-order valence-corrected chi connectivity index (χ4v) is 1.75. The van der Waals surface area contributed by atoms with E-state index in [1.165, 1.54) is 38.3 Å². The van der Waals surface area contributed by atoms with Crippen LogP contribution in [0.3, 0.4) is 0 Å². The van der Waals surface area contributed by atoms with Crippen molar-refractivity contribution < 1.29 is 23.5 Å². The van der Waals surface area contributed by atoms with Crippen LogP contribution in [0, 0.1) is 0 Å². The van der Waals surface area contributed by atoms with Gasteiger partial charge in [-0.2, -0.15) is 0 Å². The average Bonchev–Trinajstić information content (AvgIpc) is 2.80. The second-order valence-corrected chi connectivity index (χ2v) is 3.83. The van der Waals surface area contributed by atoms with E-state index in [1.54, 1.807) is 12.1 Å². The lowest BCUT2D eigenvalue weighted by Crippen LogP contribution is -2.02. The van der Waals surface area contributed by atoms with Gasteiger partial charge in [0.15, 0.2) is 5.09 Å². The third-order valence-electron chi connectivity index (χ3n) is 1.81. The SMILES string of the molecule is COC(=O)/C=C/c1ccoc1SCC(=O)OC. The Labute approximate surface area is 103 Å². The van der Waals surface area contributed by atoms with Crippen molar-refractivity contribution >= 4 is 29.8 Å². The molecule has 0 aliphatic rings. The number of carbonyl (C=O) groups is 2. The van der Waals surface area contributed by atoms with Crippen LogP contribution in [0.4, 0.5) is 0 Å². The van der Waals surface area contributed by atoms with Gasteiger partial charge in [-0.1, -0.05) is 11.8 Å². The lowest BCUT2D eigenvalue weighted by Gasteiger charge is -1.98. The summed E-state index contributed by atoms with van der Waals surface area (Å²) in [5, 5.41) is 0.551. The predicted octanol–water partition coefficient (Wildman–Crippen LogP) is 1.73. The van der Waals surface area contributed by atoms with Crippen molar-refractivity contribution in [3.05, 3.63) is 24.0 Å². The van der Waals surface area contributed by atoms with Crippen LogP contribution in [-0.2, 0) is 19.1 Å². The van der Waals surface area contributed by atoms with Crippen molar-refractivity contribution in [2.45, 2.75) is 5.09 Å². The Morgan fingerprint density at radius 2 is 2.18 bits per heavy atom. The van der Waals surface area contributed by atoms with E-state index >= 15 is 0 Å². The zero-order valence-electron chi connectivity index (χ0n) is 9.47. The molecule has 6 heteroatoms. The number of hydrogen-bond donors (Lipinski definition) is 0. The molecule has 0 aromatic carbocycles. The Balaban J connectivity index is 2.63. The number of rotatable bonds is 5. The molecule has 0 spiro atoms. The molecule has 1 aromatic rings. The molecule has 0 amide bonds. The molecule has 0 aliphatic carbocycles. The maximum Gasteiger partial charge on any atom is 0.330 e. The van der Waals surface area contributed by atoms with E-state index in [4.69, 9.17) is 4.42 Å². The summed E-state index contributed by atoms with van der Waals surface area (Å²) in [5.41, 5.74) is 0.712. The van der Waals surface area contributed by atoms with Crippen LogP contribution in [0.25, 0.3) is 6.08 Å². The summed E-state index contributed by atoms with van der Waals surface area (Å²) in [5.74, 6) is -0.632. The van der Waals surface area contributed by atoms with E-state index in [0.717, 1.165) is 0 Å². The van der Waals surface area contributed by atoms with Crippen LogP contribution >= 0.6 is 11.8 Å². The predicted molar refractivity (Wildman–Crippen MR) is 62.5 cm³/mol. The Kier molecular flexibility index (Phi) is 5.35. The minimum absolute atomic E-state index is 0.156. The largest absolute Gasteiger partial charge is 0.468 e. The molecule has 17 heavy (non-hydrogen) atoms. The van der Waals surface area contributed by atoms with Gasteiger partial charge in [-0.05, 0) is 12.1 Å². The molecular weight excluding hydrogens is 244 g/mol. The van der Waals surface area contributed by atoms with Crippen molar-refractivity contribution in [2.24, 2.45) is 0 Å². The van der Waals surface area contributed by atoms with Gasteiger partial charge in [-0.3, -0.25) is 4.79 Å². The highest BCUT2D eigenvalue weighted by molar-refractivity contribution is 7.99. The first-order valence-electron chi connectivity index (χ1n) is 4.70. The summed E-state index contributed by atoms with van der Waals surface area (Å²) in [4.78, 5) is 21.9. The Morgan fingerprint density at radius 3 is 2.82 bits per heavy atom. The molecule has 0 saturated heterocycles. The topological polar surface area (TPSA) is 65.7 Å². The maximum absolute atomic E-state index is 11.0. The molecule has 92 valence electrons. The normalized spacial score (nSPS) is 10.5. The van der Waals surface area contributed by atoms with E-state index in [2.05, 4.69) is 9.47 Å². The van der Waals surface area contributed by atoms with Gasteiger partial charge < -0.3 is 13.9 Å². The minimum atomic E-state index is -0.449. The van der Waals surface area contributed by atoms with Gasteiger partial charge in [0.2, 0.25) is 0 Å². The summed E-state index contributed by atoms with van der Waals surface area (Å²) in [7, 11) is 2.62. The van der Waals surface area contributed by atoms with E-state index in [9.17, 15) is 9.59 Å². The summed E-state index contributed by atoms with van der Waals surface area (Å²) in [6, 6.07) is 1.69. The molecule has 0 unspecified atom stereocenters. The van der Waals surface area contributed by atoms with Crippen molar-refractivity contribution in [3.63, 3.8) is 0 Å². The standard InChI is InChI=1S/C11H12O5S/c1-14-9(12)4-3-8-5-6-16-11(8)17-7-10(13)15-2/h3-6H,7H2,1-2H3/b4-3+. The summed E-state index contributed by atoms with van der Waals surface area (Å²) in [6.07, 6.45) is 4.33. The van der Waals surface area contributed by atoms with Crippen molar-refractivity contribution in [1.82, 2.24) is 0 Å². The Bertz CT molecular complexity index is 421. The zero-order valence-corrected chi connectivity index (χ0v) is 10.3. The van der Waals surface area contributed by atoms with Gasteiger partial charge in [0.05, 0.1) is 26.2 Å². The molecule has 0 aliphatic heterocycles. The molecule has 0 radical (unpaired) electrons. The first-order valence-corrected chi connectivity index (χ1v) is 5.69. The minimum Gasteiger partial charge on any atom is -0.468 e. The quantitative estimate of drug-likeness (QED) is 0.454. The number of ether oxygens (including phenoxy) is 2. The lowest BCUT2D eigenvalue weighted by atomic mass is 10.3. The Morgan fingerprint density at radius 1 is 1.41 bits per heavy atom. The van der Waals surface area contributed by atoms with E-state index in [-0.39, 0.29) is 11.7 Å². The first-order chi connectivity index (χ1) is 8.17. The number of hydrogen-bond acceptors (Lipinski definition) is 6. The number of furan rings is 1. The van der Waals surface area contributed by atoms with Crippen molar-refractivity contribution in [1.29, 1.82) is 0 Å². The van der Waals surface area contributed by atoms with E-state index in [0.29, 0.717) is 10.7 Å². The second-order valence-electron chi connectivity index (χ2n) is 2.88. The number of carbonyl (C=O) groups excluding carboxylic acids is 2. The van der Waals surface area contributed by atoms with Gasteiger partial charge in [-0.15, -0.1) is 0 Å². The molecule has 1 heterocycles. The average molecular weight is 256 g/mol. The summed E-state index contributed by atoms with van der Waals surface area (Å²) < 4.78 is 14.2. The lowest BCUT2D eigenvalue weighted by molar-refractivity contribution is -0.137. The molecule has 1 aromatic heterocycles. The van der Waals surface area contributed by atoms with Gasteiger partial charge in [0, 0.05) is 11.6 Å². The van der Waals surface area contributed by atoms with Gasteiger partial charge >= 0.3 is 11.9 Å². The molecular formula is C11H12O5S. The molecule has 0 atom stereocenters. The van der Waals surface area contributed by atoms with Gasteiger partial charge in [0.1, 0.15) is 0 Å². The molecule has 0 saturated carbocycles. The van der Waals surface area contributed by atoms with Crippen molar-refractivity contribution in [3.8, 4) is 0 Å². The monoisotopic (exact) mass is 256 g/mol. The Hall–Kier alpha value is -1.69. The summed E-state index contributed by atoms with van der Waals surface area (Å²) >= 11 is 1.20. The number of methoxy groups -OCH3 is 2. The smallest absolute Gasteiger partial charge is 0.330 e. The van der Waals surface area contributed by atoms with Crippen LogP contribution in [0.2, 0.25) is 0 Å². The molecule has 1 rings (SSSR count). The fraction of sp³-hybridized carbons (Fsp3) is 0.273. The number of thioether (sulfide) groups is 1. The van der Waals surface area contributed by atoms with Crippen LogP contribution in [0.1, 0.15) is 5.56 Å². The third kappa shape index (κ3) is 4.36. The highest BCUT2D eigenvalue weighted by atomic mass is 32.2. The number of esters is 2. The van der Waals surface area contributed by atoms with E-state index in [1.807, 2.05) is 0 Å². The van der Waals surface area contributed by atoms with Gasteiger partial charge in [0.25, 0.3) is 0 Å². The third-order valence-corrected chi connectivity index (χ3v) is 2.78. The van der Waals surface area contributed by atoms with Crippen molar-refractivity contribution in [2.75, 3.05) is 20.0 Å². The highest BCUT2D eigenvalue weighted by Gasteiger charge is 2.08. The summed E-state index contributed by atoms with van der Waals surface area (Å²) in [6.45, 7) is 0. The maximum atomic E-state index is 11.0.